The van der Waals surface area contributed by atoms with Crippen molar-refractivity contribution in [1.29, 1.82) is 0 Å². The molecular formula is C18H28BrN5O2. The Morgan fingerprint density at radius 1 is 1.15 bits per heavy atom. The number of hydrogen-bond donors (Lipinski definition) is 3. The molecule has 0 bridgehead atoms. The van der Waals surface area contributed by atoms with Crippen molar-refractivity contribution >= 4 is 27.8 Å². The Hall–Kier alpha value is -1.64. The highest BCUT2D eigenvalue weighted by Gasteiger charge is 2.09. The van der Waals surface area contributed by atoms with E-state index in [1.807, 2.05) is 12.1 Å². The molecule has 1 heterocycles. The van der Waals surface area contributed by atoms with E-state index in [-0.39, 0.29) is 5.91 Å². The summed E-state index contributed by atoms with van der Waals surface area (Å²) >= 11 is 3.35. The molecule has 0 saturated carbocycles. The van der Waals surface area contributed by atoms with Crippen LogP contribution in [0, 0.1) is 0 Å². The first-order valence-corrected chi connectivity index (χ1v) is 9.82. The average Bonchev–Trinajstić information content (AvgIpc) is 2.66. The number of carbonyl (C=O) groups is 1. The average molecular weight is 426 g/mol. The van der Waals surface area contributed by atoms with E-state index >= 15 is 0 Å². The number of aliphatic imine (C=N–C) groups is 1. The number of ether oxygens (including phenoxy) is 1. The highest BCUT2D eigenvalue weighted by Crippen LogP contribution is 2.10. The third kappa shape index (κ3) is 8.16. The monoisotopic (exact) mass is 425 g/mol. The van der Waals surface area contributed by atoms with Crippen molar-refractivity contribution < 1.29 is 9.53 Å². The second kappa shape index (κ2) is 11.9. The molecule has 0 atom stereocenters. The first-order chi connectivity index (χ1) is 12.6. The Kier molecular flexibility index (Phi) is 9.44. The molecule has 1 aromatic carbocycles. The van der Waals surface area contributed by atoms with Gasteiger partial charge in [0.15, 0.2) is 5.96 Å². The summed E-state index contributed by atoms with van der Waals surface area (Å²) in [6.45, 7) is 6.69. The molecule has 1 aliphatic heterocycles. The van der Waals surface area contributed by atoms with Crippen LogP contribution in [0.4, 0.5) is 0 Å². The molecule has 0 spiro atoms. The predicted molar refractivity (Wildman–Crippen MR) is 107 cm³/mol. The van der Waals surface area contributed by atoms with Gasteiger partial charge in [-0.15, -0.1) is 0 Å². The number of benzene rings is 1. The summed E-state index contributed by atoms with van der Waals surface area (Å²) in [5, 5.41) is 6.01. The highest BCUT2D eigenvalue weighted by atomic mass is 79.9. The van der Waals surface area contributed by atoms with Crippen LogP contribution in [0.1, 0.15) is 23.2 Å². The predicted octanol–water partition coefficient (Wildman–Crippen LogP) is 1.20. The van der Waals surface area contributed by atoms with E-state index in [1.54, 1.807) is 12.1 Å². The van der Waals surface area contributed by atoms with Gasteiger partial charge >= 0.3 is 0 Å². The van der Waals surface area contributed by atoms with Gasteiger partial charge in [0.1, 0.15) is 0 Å². The van der Waals surface area contributed by atoms with Gasteiger partial charge in [-0.2, -0.15) is 0 Å². The molecule has 7 nitrogen and oxygen atoms in total. The van der Waals surface area contributed by atoms with Crippen LogP contribution >= 0.6 is 15.9 Å². The van der Waals surface area contributed by atoms with Crippen molar-refractivity contribution in [3.8, 4) is 0 Å². The minimum Gasteiger partial charge on any atom is -0.379 e. The van der Waals surface area contributed by atoms with Crippen LogP contribution in [0.25, 0.3) is 0 Å². The number of rotatable bonds is 9. The molecule has 1 amide bonds. The lowest BCUT2D eigenvalue weighted by Crippen LogP contribution is -2.39. The van der Waals surface area contributed by atoms with Crippen molar-refractivity contribution in [2.75, 3.05) is 52.5 Å². The van der Waals surface area contributed by atoms with Crippen LogP contribution in [-0.4, -0.2) is 69.2 Å². The van der Waals surface area contributed by atoms with Crippen LogP contribution in [-0.2, 0) is 4.74 Å². The maximum absolute atomic E-state index is 11.9. The summed E-state index contributed by atoms with van der Waals surface area (Å²) in [5.74, 6) is 0.391. The summed E-state index contributed by atoms with van der Waals surface area (Å²) in [7, 11) is 0. The number of halogens is 1. The van der Waals surface area contributed by atoms with Crippen molar-refractivity contribution in [1.82, 2.24) is 15.5 Å². The summed E-state index contributed by atoms with van der Waals surface area (Å²) in [4.78, 5) is 18.6. The number of hydrogen-bond acceptors (Lipinski definition) is 4. The fourth-order valence-corrected chi connectivity index (χ4v) is 2.85. The van der Waals surface area contributed by atoms with Gasteiger partial charge in [0.2, 0.25) is 0 Å². The Labute approximate surface area is 163 Å². The molecule has 26 heavy (non-hydrogen) atoms. The summed E-state index contributed by atoms with van der Waals surface area (Å²) < 4.78 is 6.28. The van der Waals surface area contributed by atoms with Gasteiger partial charge in [-0.1, -0.05) is 15.9 Å². The summed E-state index contributed by atoms with van der Waals surface area (Å²) in [6, 6.07) is 7.28. The maximum Gasteiger partial charge on any atom is 0.251 e. The quantitative estimate of drug-likeness (QED) is 0.314. The first-order valence-electron chi connectivity index (χ1n) is 9.03. The van der Waals surface area contributed by atoms with Crippen molar-refractivity contribution in [2.45, 2.75) is 12.8 Å². The Morgan fingerprint density at radius 3 is 2.58 bits per heavy atom. The largest absolute Gasteiger partial charge is 0.379 e. The summed E-state index contributed by atoms with van der Waals surface area (Å²) in [5.41, 5.74) is 6.50. The molecule has 0 aromatic heterocycles. The lowest BCUT2D eigenvalue weighted by molar-refractivity contribution is 0.0376. The van der Waals surface area contributed by atoms with Gasteiger partial charge in [-0.3, -0.25) is 14.7 Å². The Bertz CT molecular complexity index is 573. The van der Waals surface area contributed by atoms with Gasteiger partial charge in [0.25, 0.3) is 5.91 Å². The standard InChI is InChI=1S/C18H28BrN5O2/c19-16-5-3-15(4-6-16)17(25)21-7-1-8-22-18(20)23-9-2-10-24-11-13-26-14-12-24/h3-6H,1-2,7-14H2,(H,21,25)(H3,20,22,23). The first kappa shape index (κ1) is 20.7. The number of carbonyl (C=O) groups excluding carboxylic acids is 1. The van der Waals surface area contributed by atoms with E-state index in [1.165, 1.54) is 0 Å². The molecule has 1 saturated heterocycles. The number of amides is 1. The van der Waals surface area contributed by atoms with Gasteiger partial charge in [0, 0.05) is 42.8 Å². The molecule has 8 heteroatoms. The van der Waals surface area contributed by atoms with Gasteiger partial charge in [-0.25, -0.2) is 0 Å². The molecule has 1 fully saturated rings. The minimum atomic E-state index is -0.0734. The summed E-state index contributed by atoms with van der Waals surface area (Å²) in [6.07, 6.45) is 1.78. The second-order valence-electron chi connectivity index (χ2n) is 6.12. The van der Waals surface area contributed by atoms with E-state index in [0.717, 1.165) is 56.7 Å². The van der Waals surface area contributed by atoms with E-state index < -0.39 is 0 Å². The third-order valence-corrected chi connectivity index (χ3v) is 4.60. The maximum atomic E-state index is 11.9. The van der Waals surface area contributed by atoms with Gasteiger partial charge in [-0.05, 0) is 43.7 Å². The van der Waals surface area contributed by atoms with E-state index in [2.05, 4.69) is 36.5 Å². The fourth-order valence-electron chi connectivity index (χ4n) is 2.58. The molecular weight excluding hydrogens is 398 g/mol. The van der Waals surface area contributed by atoms with E-state index in [9.17, 15) is 4.79 Å². The molecule has 144 valence electrons. The number of guanidine groups is 1. The number of nitrogens with zero attached hydrogens (tertiary/aromatic N) is 2. The van der Waals surface area contributed by atoms with Crippen molar-refractivity contribution in [2.24, 2.45) is 10.7 Å². The lowest BCUT2D eigenvalue weighted by Gasteiger charge is -2.26. The fraction of sp³-hybridized carbons (Fsp3) is 0.556. The Morgan fingerprint density at radius 2 is 1.85 bits per heavy atom. The zero-order valence-corrected chi connectivity index (χ0v) is 16.6. The smallest absolute Gasteiger partial charge is 0.251 e. The highest BCUT2D eigenvalue weighted by molar-refractivity contribution is 9.10. The van der Waals surface area contributed by atoms with Crippen LogP contribution < -0.4 is 16.4 Å². The molecule has 0 radical (unpaired) electrons. The SMILES string of the molecule is NC(=NCCCNC(=O)c1ccc(Br)cc1)NCCCN1CCOCC1. The van der Waals surface area contributed by atoms with Gasteiger partial charge in [0.05, 0.1) is 13.2 Å². The Balaban J connectivity index is 1.50. The number of morpholine rings is 1. The molecule has 2 rings (SSSR count). The van der Waals surface area contributed by atoms with Crippen LogP contribution in [0.5, 0.6) is 0 Å². The topological polar surface area (TPSA) is 92.0 Å². The van der Waals surface area contributed by atoms with E-state index in [4.69, 9.17) is 10.5 Å². The minimum absolute atomic E-state index is 0.0734. The lowest BCUT2D eigenvalue weighted by atomic mass is 10.2. The molecule has 1 aromatic rings. The van der Waals surface area contributed by atoms with E-state index in [0.29, 0.717) is 24.6 Å². The van der Waals surface area contributed by atoms with Crippen LogP contribution in [0.15, 0.2) is 33.7 Å². The number of nitrogens with one attached hydrogen (secondary N) is 2. The molecule has 0 unspecified atom stereocenters. The van der Waals surface area contributed by atoms with Gasteiger partial charge < -0.3 is 21.1 Å². The zero-order valence-electron chi connectivity index (χ0n) is 15.0. The molecule has 1 aliphatic rings. The van der Waals surface area contributed by atoms with Crippen LogP contribution in [0.3, 0.4) is 0 Å². The van der Waals surface area contributed by atoms with Crippen molar-refractivity contribution in [3.63, 3.8) is 0 Å². The molecule has 4 N–H and O–H groups in total. The van der Waals surface area contributed by atoms with Crippen molar-refractivity contribution in [3.05, 3.63) is 34.3 Å². The zero-order chi connectivity index (χ0) is 18.6. The van der Waals surface area contributed by atoms with Crippen LogP contribution in [0.2, 0.25) is 0 Å². The third-order valence-electron chi connectivity index (χ3n) is 4.07. The number of nitrogens with two attached hydrogens (primary N) is 1. The molecule has 0 aliphatic carbocycles. The second-order valence-corrected chi connectivity index (χ2v) is 7.03. The normalized spacial score (nSPS) is 15.7.